The Balaban J connectivity index is 2.97. The molecule has 35 heavy (non-hydrogen) atoms. The average molecular weight is 512 g/mol. The van der Waals surface area contributed by atoms with Crippen LogP contribution in [0.25, 0.3) is 0 Å². The molecule has 0 bridgehead atoms. The van der Waals surface area contributed by atoms with Gasteiger partial charge >= 0.3 is 11.9 Å². The van der Waals surface area contributed by atoms with Crippen molar-refractivity contribution in [2.45, 2.75) is 49.9 Å². The van der Waals surface area contributed by atoms with Crippen molar-refractivity contribution in [3.8, 4) is 0 Å². The van der Waals surface area contributed by atoms with Gasteiger partial charge in [0.05, 0.1) is 12.5 Å². The van der Waals surface area contributed by atoms with E-state index >= 15 is 0 Å². The fraction of sp³-hybridized carbons (Fsp3) is 0.429. The van der Waals surface area contributed by atoms with Crippen molar-refractivity contribution in [1.29, 1.82) is 0 Å². The van der Waals surface area contributed by atoms with Crippen molar-refractivity contribution >= 4 is 48.2 Å². The summed E-state index contributed by atoms with van der Waals surface area (Å²) in [4.78, 5) is 71.4. The second-order valence-corrected chi connectivity index (χ2v) is 7.97. The Morgan fingerprint density at radius 1 is 0.857 bits per heavy atom. The van der Waals surface area contributed by atoms with Crippen molar-refractivity contribution in [2.24, 2.45) is 11.5 Å². The predicted octanol–water partition coefficient (Wildman–Crippen LogP) is -2.23. The number of nitrogens with two attached hydrogens (primary N) is 2. The molecule has 1 aromatic carbocycles. The predicted molar refractivity (Wildman–Crippen MR) is 126 cm³/mol. The van der Waals surface area contributed by atoms with E-state index in [4.69, 9.17) is 21.7 Å². The molecule has 1 rings (SSSR count). The summed E-state index contributed by atoms with van der Waals surface area (Å²) < 4.78 is 0. The first-order valence-corrected chi connectivity index (χ1v) is 11.1. The minimum atomic E-state index is -1.67. The minimum Gasteiger partial charge on any atom is -0.481 e. The van der Waals surface area contributed by atoms with Crippen LogP contribution < -0.4 is 27.4 Å². The molecular weight excluding hydrogens is 482 g/mol. The molecule has 4 atom stereocenters. The highest BCUT2D eigenvalue weighted by atomic mass is 32.1. The summed E-state index contributed by atoms with van der Waals surface area (Å²) in [5.74, 6) is -6.69. The molecule has 192 valence electrons. The molecule has 0 aliphatic rings. The van der Waals surface area contributed by atoms with Gasteiger partial charge in [0.25, 0.3) is 0 Å². The maximum atomic E-state index is 12.8. The maximum absolute atomic E-state index is 12.8. The van der Waals surface area contributed by atoms with Gasteiger partial charge in [0.1, 0.15) is 18.1 Å². The second kappa shape index (κ2) is 14.6. The highest BCUT2D eigenvalue weighted by molar-refractivity contribution is 7.80. The van der Waals surface area contributed by atoms with Crippen LogP contribution in [-0.4, -0.2) is 75.7 Å². The summed E-state index contributed by atoms with van der Waals surface area (Å²) in [6, 6.07) is 3.31. The number of aliphatic carboxylic acids is 2. The zero-order chi connectivity index (χ0) is 26.5. The number of thiol groups is 1. The summed E-state index contributed by atoms with van der Waals surface area (Å²) in [6.07, 6.45) is -1.27. The summed E-state index contributed by atoms with van der Waals surface area (Å²) in [7, 11) is 0. The van der Waals surface area contributed by atoms with Gasteiger partial charge in [-0.25, -0.2) is 4.79 Å². The fourth-order valence-electron chi connectivity index (χ4n) is 2.91. The second-order valence-electron chi connectivity index (χ2n) is 7.60. The highest BCUT2D eigenvalue weighted by Gasteiger charge is 2.31. The molecule has 0 heterocycles. The Morgan fingerprint density at radius 3 is 1.91 bits per heavy atom. The molecule has 4 amide bonds. The number of carbonyl (C=O) groups excluding carboxylic acids is 4. The van der Waals surface area contributed by atoms with Gasteiger partial charge in [-0.2, -0.15) is 12.6 Å². The van der Waals surface area contributed by atoms with Gasteiger partial charge in [-0.15, -0.1) is 0 Å². The number of nitrogens with one attached hydrogen (secondary N) is 3. The SMILES string of the molecule is NC(=O)CCC(NC(=O)C(N)Cc1ccccc1)C(=O)NC(CC(=O)O)C(=O)NC(CS)C(=O)O. The quantitative estimate of drug-likeness (QED) is 0.119. The van der Waals surface area contributed by atoms with Crippen molar-refractivity contribution in [3.05, 3.63) is 35.9 Å². The normalized spacial score (nSPS) is 14.0. The van der Waals surface area contributed by atoms with E-state index in [1.54, 1.807) is 30.3 Å². The number of rotatable bonds is 15. The van der Waals surface area contributed by atoms with Crippen LogP contribution in [-0.2, 0) is 35.2 Å². The van der Waals surface area contributed by atoms with Crippen LogP contribution in [0.1, 0.15) is 24.8 Å². The molecule has 9 N–H and O–H groups in total. The maximum Gasteiger partial charge on any atom is 0.327 e. The number of carbonyl (C=O) groups is 6. The molecule has 4 unspecified atom stereocenters. The largest absolute Gasteiger partial charge is 0.481 e. The topological polar surface area (TPSA) is 231 Å². The Bertz CT molecular complexity index is 930. The lowest BCUT2D eigenvalue weighted by atomic mass is 10.0. The van der Waals surface area contributed by atoms with E-state index in [0.29, 0.717) is 0 Å². The van der Waals surface area contributed by atoms with Crippen molar-refractivity contribution in [2.75, 3.05) is 5.75 Å². The van der Waals surface area contributed by atoms with Gasteiger partial charge in [-0.3, -0.25) is 24.0 Å². The standard InChI is InChI=1S/C21H29N5O8S/c22-12(8-11-4-2-1-3-5-11)18(30)24-13(6-7-16(23)27)19(31)25-14(9-17(28)29)20(32)26-15(10-35)21(33)34/h1-5,12-15,35H,6-10,22H2,(H2,23,27)(H,24,30)(H,25,31)(H,26,32)(H,28,29)(H,33,34). The number of primary amides is 1. The van der Waals surface area contributed by atoms with E-state index < -0.39 is 66.2 Å². The summed E-state index contributed by atoms with van der Waals surface area (Å²) >= 11 is 3.81. The molecule has 0 spiro atoms. The van der Waals surface area contributed by atoms with Crippen LogP contribution in [0.15, 0.2) is 30.3 Å². The van der Waals surface area contributed by atoms with Crippen LogP contribution in [0.2, 0.25) is 0 Å². The number of carboxylic acid groups (broad SMARTS) is 2. The van der Waals surface area contributed by atoms with Gasteiger partial charge < -0.3 is 37.6 Å². The third kappa shape index (κ3) is 10.9. The lowest BCUT2D eigenvalue weighted by Gasteiger charge is -2.24. The Morgan fingerprint density at radius 2 is 1.40 bits per heavy atom. The van der Waals surface area contributed by atoms with Gasteiger partial charge in [0.2, 0.25) is 23.6 Å². The number of amides is 4. The first-order chi connectivity index (χ1) is 16.4. The van der Waals surface area contributed by atoms with Crippen LogP contribution in [0.4, 0.5) is 0 Å². The third-order valence-electron chi connectivity index (χ3n) is 4.76. The van der Waals surface area contributed by atoms with Gasteiger partial charge in [0.15, 0.2) is 0 Å². The number of carboxylic acids is 2. The molecule has 0 saturated carbocycles. The lowest BCUT2D eigenvalue weighted by Crippen LogP contribution is -2.58. The molecule has 0 aliphatic carbocycles. The zero-order valence-electron chi connectivity index (χ0n) is 18.7. The van der Waals surface area contributed by atoms with Crippen molar-refractivity contribution in [1.82, 2.24) is 16.0 Å². The highest BCUT2D eigenvalue weighted by Crippen LogP contribution is 2.05. The van der Waals surface area contributed by atoms with E-state index in [9.17, 15) is 28.8 Å². The smallest absolute Gasteiger partial charge is 0.327 e. The van der Waals surface area contributed by atoms with Gasteiger partial charge in [0, 0.05) is 12.2 Å². The first kappa shape index (κ1) is 29.4. The van der Waals surface area contributed by atoms with Crippen LogP contribution in [0.3, 0.4) is 0 Å². The molecule has 0 fully saturated rings. The van der Waals surface area contributed by atoms with E-state index in [-0.39, 0.29) is 25.0 Å². The van der Waals surface area contributed by atoms with Crippen molar-refractivity contribution in [3.63, 3.8) is 0 Å². The molecular formula is C21H29N5O8S. The average Bonchev–Trinajstić information content (AvgIpc) is 2.79. The number of hydrogen-bond donors (Lipinski definition) is 8. The summed E-state index contributed by atoms with van der Waals surface area (Å²) in [5.41, 5.74) is 11.8. The Hall–Kier alpha value is -3.65. The molecule has 0 radical (unpaired) electrons. The van der Waals surface area contributed by atoms with Crippen LogP contribution >= 0.6 is 12.6 Å². The van der Waals surface area contributed by atoms with E-state index in [1.807, 2.05) is 0 Å². The summed E-state index contributed by atoms with van der Waals surface area (Å²) in [6.45, 7) is 0. The molecule has 0 aliphatic heterocycles. The van der Waals surface area contributed by atoms with E-state index in [1.165, 1.54) is 0 Å². The van der Waals surface area contributed by atoms with Crippen LogP contribution in [0.5, 0.6) is 0 Å². The van der Waals surface area contributed by atoms with E-state index in [2.05, 4.69) is 28.6 Å². The Labute approximate surface area is 206 Å². The van der Waals surface area contributed by atoms with E-state index in [0.717, 1.165) is 5.56 Å². The number of benzene rings is 1. The third-order valence-corrected chi connectivity index (χ3v) is 5.12. The fourth-order valence-corrected chi connectivity index (χ4v) is 3.16. The van der Waals surface area contributed by atoms with Gasteiger partial charge in [-0.05, 0) is 18.4 Å². The molecule has 0 saturated heterocycles. The van der Waals surface area contributed by atoms with Crippen LogP contribution in [0, 0.1) is 0 Å². The molecule has 13 nitrogen and oxygen atoms in total. The molecule has 14 heteroatoms. The minimum absolute atomic E-state index is 0.154. The number of hydrogen-bond acceptors (Lipinski definition) is 8. The Kier molecular flexibility index (Phi) is 12.2. The molecule has 0 aromatic heterocycles. The lowest BCUT2D eigenvalue weighted by molar-refractivity contribution is -0.143. The van der Waals surface area contributed by atoms with Crippen molar-refractivity contribution < 1.29 is 39.0 Å². The monoisotopic (exact) mass is 511 g/mol. The first-order valence-electron chi connectivity index (χ1n) is 10.5. The molecule has 1 aromatic rings. The van der Waals surface area contributed by atoms with Gasteiger partial charge in [-0.1, -0.05) is 30.3 Å². The zero-order valence-corrected chi connectivity index (χ0v) is 19.6. The summed E-state index contributed by atoms with van der Waals surface area (Å²) in [5, 5.41) is 24.8.